The maximum absolute atomic E-state index is 12.5. The number of para-hydroxylation sites is 2. The Morgan fingerprint density at radius 2 is 2.14 bits per heavy atom. The van der Waals surface area contributed by atoms with E-state index < -0.39 is 29.1 Å². The molecule has 3 rings (SSSR count). The molecular formula is C15H13N3O4. The fraction of sp³-hybridized carbons (Fsp3) is 0.267. The van der Waals surface area contributed by atoms with Gasteiger partial charge >= 0.3 is 5.97 Å². The van der Waals surface area contributed by atoms with Crippen LogP contribution in [0.3, 0.4) is 0 Å². The highest BCUT2D eigenvalue weighted by atomic mass is 16.5. The second-order valence-corrected chi connectivity index (χ2v) is 4.98. The van der Waals surface area contributed by atoms with Crippen LogP contribution >= 0.6 is 0 Å². The number of amides is 1. The number of aliphatic hydroxyl groups excluding tert-OH is 1. The summed E-state index contributed by atoms with van der Waals surface area (Å²) in [7, 11) is 0. The Labute approximate surface area is 126 Å². The number of nitrogens with zero attached hydrogens (tertiary/aromatic N) is 1. The summed E-state index contributed by atoms with van der Waals surface area (Å²) in [6.45, 7) is 1.72. The van der Waals surface area contributed by atoms with Crippen LogP contribution < -0.4 is 10.6 Å². The monoisotopic (exact) mass is 299 g/mol. The molecule has 2 unspecified atom stereocenters. The van der Waals surface area contributed by atoms with E-state index in [1.54, 1.807) is 31.2 Å². The second-order valence-electron chi connectivity index (χ2n) is 4.98. The summed E-state index contributed by atoms with van der Waals surface area (Å²) in [5.41, 5.74) is -0.728. The molecule has 22 heavy (non-hydrogen) atoms. The number of carbonyl (C=O) groups is 2. The van der Waals surface area contributed by atoms with Gasteiger partial charge < -0.3 is 20.5 Å². The quantitative estimate of drug-likeness (QED) is 0.710. The van der Waals surface area contributed by atoms with Gasteiger partial charge in [-0.05, 0) is 19.1 Å². The molecule has 0 saturated carbocycles. The Morgan fingerprint density at radius 1 is 1.45 bits per heavy atom. The Kier molecular flexibility index (Phi) is 3.03. The van der Waals surface area contributed by atoms with Crippen molar-refractivity contribution in [2.45, 2.75) is 12.5 Å². The maximum Gasteiger partial charge on any atom is 0.340 e. The molecule has 112 valence electrons. The van der Waals surface area contributed by atoms with E-state index in [2.05, 4.69) is 10.6 Å². The van der Waals surface area contributed by atoms with Crippen LogP contribution in [-0.2, 0) is 14.3 Å². The highest BCUT2D eigenvalue weighted by molar-refractivity contribution is 6.16. The summed E-state index contributed by atoms with van der Waals surface area (Å²) in [4.78, 5) is 24.6. The molecule has 0 radical (unpaired) electrons. The van der Waals surface area contributed by atoms with Crippen molar-refractivity contribution < 1.29 is 19.4 Å². The Morgan fingerprint density at radius 3 is 2.77 bits per heavy atom. The van der Waals surface area contributed by atoms with Gasteiger partial charge in [0.25, 0.3) is 5.91 Å². The molecule has 0 aromatic heterocycles. The zero-order valence-corrected chi connectivity index (χ0v) is 11.7. The maximum atomic E-state index is 12.5. The minimum Gasteiger partial charge on any atom is -0.510 e. The van der Waals surface area contributed by atoms with Crippen molar-refractivity contribution in [1.29, 1.82) is 5.26 Å². The fourth-order valence-electron chi connectivity index (χ4n) is 2.82. The van der Waals surface area contributed by atoms with Gasteiger partial charge in [-0.1, -0.05) is 12.1 Å². The zero-order valence-electron chi connectivity index (χ0n) is 11.7. The van der Waals surface area contributed by atoms with Crippen molar-refractivity contribution in [3.05, 3.63) is 35.6 Å². The minimum absolute atomic E-state index is 0.0983. The number of nitrogens with one attached hydrogen (secondary N) is 2. The third kappa shape index (κ3) is 1.61. The summed E-state index contributed by atoms with van der Waals surface area (Å²) in [5, 5.41) is 24.8. The van der Waals surface area contributed by atoms with E-state index in [0.29, 0.717) is 11.4 Å². The van der Waals surface area contributed by atoms with E-state index in [-0.39, 0.29) is 12.2 Å². The molecule has 0 saturated heterocycles. The average Bonchev–Trinajstić information content (AvgIpc) is 2.48. The number of hydrogen-bond donors (Lipinski definition) is 3. The first-order valence-electron chi connectivity index (χ1n) is 6.75. The van der Waals surface area contributed by atoms with Crippen LogP contribution in [0.15, 0.2) is 35.6 Å². The number of hydrogen-bond acceptors (Lipinski definition) is 6. The molecule has 1 spiro atoms. The molecule has 7 heteroatoms. The van der Waals surface area contributed by atoms with E-state index in [1.165, 1.54) is 0 Å². The number of carbonyl (C=O) groups excluding carboxylic acids is 2. The normalized spacial score (nSPS) is 25.5. The molecule has 1 aromatic carbocycles. The lowest BCUT2D eigenvalue weighted by atomic mass is 9.64. The topological polar surface area (TPSA) is 111 Å². The predicted molar refractivity (Wildman–Crippen MR) is 76.8 cm³/mol. The number of ether oxygens (including phenoxy) is 1. The third-order valence-electron chi connectivity index (χ3n) is 3.83. The zero-order chi connectivity index (χ0) is 15.9. The van der Waals surface area contributed by atoms with Gasteiger partial charge in [0.2, 0.25) is 0 Å². The number of benzene rings is 1. The van der Waals surface area contributed by atoms with Crippen LogP contribution in [0.2, 0.25) is 0 Å². The van der Waals surface area contributed by atoms with Crippen molar-refractivity contribution in [2.75, 3.05) is 17.2 Å². The second kappa shape index (κ2) is 4.77. The first-order valence-corrected chi connectivity index (χ1v) is 6.75. The van der Waals surface area contributed by atoms with E-state index in [0.717, 1.165) is 0 Å². The van der Waals surface area contributed by atoms with Gasteiger partial charge in [-0.2, -0.15) is 5.26 Å². The molecule has 2 aliphatic rings. The SMILES string of the molecule is CCOC(=O)C1=C(O)C(C#N)C12Nc1ccccc1NC2=O. The van der Waals surface area contributed by atoms with Gasteiger partial charge in [0.05, 0.1) is 24.1 Å². The molecule has 2 atom stereocenters. The third-order valence-corrected chi connectivity index (χ3v) is 3.83. The largest absolute Gasteiger partial charge is 0.510 e. The van der Waals surface area contributed by atoms with Crippen LogP contribution in [0.4, 0.5) is 11.4 Å². The lowest BCUT2D eigenvalue weighted by Gasteiger charge is -2.47. The van der Waals surface area contributed by atoms with Crippen molar-refractivity contribution >= 4 is 23.3 Å². The molecular weight excluding hydrogens is 286 g/mol. The van der Waals surface area contributed by atoms with Gasteiger partial charge in [-0.25, -0.2) is 4.79 Å². The highest BCUT2D eigenvalue weighted by Gasteiger charge is 2.65. The van der Waals surface area contributed by atoms with Crippen molar-refractivity contribution in [3.63, 3.8) is 0 Å². The van der Waals surface area contributed by atoms with Crippen LogP contribution in [0.25, 0.3) is 0 Å². The Bertz CT molecular complexity index is 749. The summed E-state index contributed by atoms with van der Waals surface area (Å²) in [6.07, 6.45) is 0. The van der Waals surface area contributed by atoms with Gasteiger partial charge in [0.1, 0.15) is 17.3 Å². The number of anilines is 2. The van der Waals surface area contributed by atoms with E-state index in [1.807, 2.05) is 6.07 Å². The van der Waals surface area contributed by atoms with E-state index in [4.69, 9.17) is 4.74 Å². The average molecular weight is 299 g/mol. The minimum atomic E-state index is -1.63. The predicted octanol–water partition coefficient (Wildman–Crippen LogP) is 1.32. The summed E-state index contributed by atoms with van der Waals surface area (Å²) >= 11 is 0. The van der Waals surface area contributed by atoms with Gasteiger partial charge in [-0.15, -0.1) is 0 Å². The van der Waals surface area contributed by atoms with Crippen molar-refractivity contribution in [1.82, 2.24) is 0 Å². The van der Waals surface area contributed by atoms with Crippen LogP contribution in [-0.4, -0.2) is 29.1 Å². The lowest BCUT2D eigenvalue weighted by molar-refractivity contribution is -0.142. The van der Waals surface area contributed by atoms with Crippen molar-refractivity contribution in [2.24, 2.45) is 5.92 Å². The summed E-state index contributed by atoms with van der Waals surface area (Å²) < 4.78 is 4.89. The van der Waals surface area contributed by atoms with E-state index in [9.17, 15) is 20.0 Å². The lowest BCUT2D eigenvalue weighted by Crippen LogP contribution is -2.66. The molecule has 7 nitrogen and oxygen atoms in total. The standard InChI is InChI=1S/C15H13N3O4/c1-2-22-13(20)11-12(19)8(7-16)15(11)14(21)17-9-5-3-4-6-10(9)18-15/h3-6,8,18-19H,2H2,1H3,(H,17,21). The Hall–Kier alpha value is -3.01. The Balaban J connectivity index is 2.10. The number of fused-ring (bicyclic) bond motifs is 1. The van der Waals surface area contributed by atoms with Gasteiger partial charge in [0.15, 0.2) is 5.54 Å². The molecule has 1 aliphatic carbocycles. The van der Waals surface area contributed by atoms with Crippen LogP contribution in [0, 0.1) is 17.2 Å². The van der Waals surface area contributed by atoms with Crippen LogP contribution in [0.1, 0.15) is 6.92 Å². The molecule has 0 fully saturated rings. The van der Waals surface area contributed by atoms with Gasteiger partial charge in [-0.3, -0.25) is 4.79 Å². The fourth-order valence-corrected chi connectivity index (χ4v) is 2.82. The molecule has 1 aromatic rings. The molecule has 1 heterocycles. The smallest absolute Gasteiger partial charge is 0.340 e. The first kappa shape index (κ1) is 13.9. The number of nitriles is 1. The van der Waals surface area contributed by atoms with E-state index >= 15 is 0 Å². The van der Waals surface area contributed by atoms with Crippen molar-refractivity contribution in [3.8, 4) is 6.07 Å². The molecule has 1 aliphatic heterocycles. The first-order chi connectivity index (χ1) is 10.6. The summed E-state index contributed by atoms with van der Waals surface area (Å²) in [6, 6.07) is 8.77. The molecule has 3 N–H and O–H groups in total. The van der Waals surface area contributed by atoms with Gasteiger partial charge in [0, 0.05) is 0 Å². The number of esters is 1. The summed E-state index contributed by atoms with van der Waals surface area (Å²) in [5.74, 6) is -2.96. The highest BCUT2D eigenvalue weighted by Crippen LogP contribution is 2.49. The molecule has 1 amide bonds. The number of rotatable bonds is 2. The molecule has 0 bridgehead atoms. The number of aliphatic hydroxyl groups is 1. The van der Waals surface area contributed by atoms with Crippen LogP contribution in [0.5, 0.6) is 0 Å².